The molecule has 1 spiro atoms. The quantitative estimate of drug-likeness (QED) is 0.675. The Morgan fingerprint density at radius 2 is 2.17 bits per heavy atom. The summed E-state index contributed by atoms with van der Waals surface area (Å²) in [5.74, 6) is -0.109. The number of benzene rings is 1. The molecule has 2 heterocycles. The van der Waals surface area contributed by atoms with E-state index in [4.69, 9.17) is 0 Å². The summed E-state index contributed by atoms with van der Waals surface area (Å²) in [5, 5.41) is 14.6. The molecule has 1 atom stereocenters. The van der Waals surface area contributed by atoms with Gasteiger partial charge in [0.2, 0.25) is 0 Å². The minimum Gasteiger partial charge on any atom is -0.372 e. The first-order valence-corrected chi connectivity index (χ1v) is 7.88. The fourth-order valence-electron chi connectivity index (χ4n) is 3.62. The molecule has 1 amide bonds. The minimum atomic E-state index is -0.432. The van der Waals surface area contributed by atoms with Crippen molar-refractivity contribution >= 4 is 17.3 Å². The molecule has 2 aliphatic rings. The van der Waals surface area contributed by atoms with Gasteiger partial charge in [0.1, 0.15) is 5.69 Å². The van der Waals surface area contributed by atoms with Gasteiger partial charge >= 0.3 is 0 Å². The number of nitrogens with one attached hydrogen (secondary N) is 1. The molecular formula is C16H22N4O3. The summed E-state index contributed by atoms with van der Waals surface area (Å²) < 4.78 is 0. The molecule has 7 heteroatoms. The molecule has 23 heavy (non-hydrogen) atoms. The van der Waals surface area contributed by atoms with Crippen LogP contribution in [0.3, 0.4) is 0 Å². The molecule has 2 fully saturated rings. The SMILES string of the molecule is CN(C)c1ccc(C(=O)N2CCC3(CCNC3)C2)cc1[N+](=O)[O-]. The molecule has 124 valence electrons. The van der Waals surface area contributed by atoms with Gasteiger partial charge in [0.05, 0.1) is 4.92 Å². The maximum absolute atomic E-state index is 12.7. The number of nitrogens with zero attached hydrogens (tertiary/aromatic N) is 3. The monoisotopic (exact) mass is 318 g/mol. The molecule has 2 saturated heterocycles. The molecule has 1 N–H and O–H groups in total. The average molecular weight is 318 g/mol. The van der Waals surface area contributed by atoms with Crippen LogP contribution in [0.25, 0.3) is 0 Å². The first-order valence-electron chi connectivity index (χ1n) is 7.88. The number of carbonyl (C=O) groups excluding carboxylic acids is 1. The van der Waals surface area contributed by atoms with Gasteiger partial charge in [0.25, 0.3) is 11.6 Å². The second kappa shape index (κ2) is 5.81. The first-order chi connectivity index (χ1) is 10.9. The van der Waals surface area contributed by atoms with Crippen LogP contribution in [-0.2, 0) is 0 Å². The lowest BCUT2D eigenvalue weighted by Gasteiger charge is -2.23. The maximum Gasteiger partial charge on any atom is 0.293 e. The first kappa shape index (κ1) is 15.7. The Balaban J connectivity index is 1.83. The van der Waals surface area contributed by atoms with Crippen molar-refractivity contribution in [3.8, 4) is 0 Å². The van der Waals surface area contributed by atoms with Gasteiger partial charge in [-0.05, 0) is 31.5 Å². The third-order valence-electron chi connectivity index (χ3n) is 4.96. The Labute approximate surface area is 135 Å². The van der Waals surface area contributed by atoms with Crippen LogP contribution in [0, 0.1) is 15.5 Å². The topological polar surface area (TPSA) is 78.7 Å². The molecule has 0 aliphatic carbocycles. The normalized spacial score (nSPS) is 23.5. The predicted molar refractivity (Wildman–Crippen MR) is 87.9 cm³/mol. The molecule has 0 bridgehead atoms. The molecule has 1 aromatic rings. The van der Waals surface area contributed by atoms with Crippen LogP contribution in [-0.4, -0.2) is 56.0 Å². The van der Waals surface area contributed by atoms with Crippen LogP contribution in [0.1, 0.15) is 23.2 Å². The zero-order valence-corrected chi connectivity index (χ0v) is 13.5. The van der Waals surface area contributed by atoms with E-state index in [1.54, 1.807) is 31.1 Å². The number of anilines is 1. The van der Waals surface area contributed by atoms with Gasteiger partial charge in [0.15, 0.2) is 0 Å². The van der Waals surface area contributed by atoms with E-state index in [0.717, 1.165) is 39.0 Å². The predicted octanol–water partition coefficient (Wildman–Crippen LogP) is 1.49. The van der Waals surface area contributed by atoms with Crippen LogP contribution in [0.5, 0.6) is 0 Å². The molecular weight excluding hydrogens is 296 g/mol. The third-order valence-corrected chi connectivity index (χ3v) is 4.96. The lowest BCUT2D eigenvalue weighted by atomic mass is 9.86. The number of nitro benzene ring substituents is 1. The molecule has 7 nitrogen and oxygen atoms in total. The molecule has 1 aromatic carbocycles. The second-order valence-electron chi connectivity index (χ2n) is 6.76. The Bertz CT molecular complexity index is 638. The molecule has 0 aromatic heterocycles. The van der Waals surface area contributed by atoms with Gasteiger partial charge in [0, 0.05) is 50.8 Å². The number of hydrogen-bond donors (Lipinski definition) is 1. The molecule has 0 saturated carbocycles. The Hall–Kier alpha value is -2.15. The number of amides is 1. The van der Waals surface area contributed by atoms with E-state index < -0.39 is 4.92 Å². The lowest BCUT2D eigenvalue weighted by molar-refractivity contribution is -0.384. The van der Waals surface area contributed by atoms with E-state index in [9.17, 15) is 14.9 Å². The Kier molecular flexibility index (Phi) is 3.97. The third kappa shape index (κ3) is 2.88. The Morgan fingerprint density at radius 3 is 2.78 bits per heavy atom. The zero-order valence-electron chi connectivity index (χ0n) is 13.5. The van der Waals surface area contributed by atoms with Crippen molar-refractivity contribution in [2.24, 2.45) is 5.41 Å². The number of likely N-dealkylation sites (tertiary alicyclic amines) is 1. The summed E-state index contributed by atoms with van der Waals surface area (Å²) >= 11 is 0. The number of hydrogen-bond acceptors (Lipinski definition) is 5. The van der Waals surface area contributed by atoms with E-state index in [0.29, 0.717) is 11.3 Å². The van der Waals surface area contributed by atoms with Crippen molar-refractivity contribution < 1.29 is 9.72 Å². The molecule has 3 rings (SSSR count). The van der Waals surface area contributed by atoms with Crippen LogP contribution in [0.15, 0.2) is 18.2 Å². The van der Waals surface area contributed by atoms with Crippen LogP contribution in [0.2, 0.25) is 0 Å². The molecule has 2 aliphatic heterocycles. The second-order valence-corrected chi connectivity index (χ2v) is 6.76. The zero-order chi connectivity index (χ0) is 16.6. The largest absolute Gasteiger partial charge is 0.372 e. The van der Waals surface area contributed by atoms with E-state index in [2.05, 4.69) is 5.32 Å². The van der Waals surface area contributed by atoms with Crippen molar-refractivity contribution in [1.82, 2.24) is 10.2 Å². The highest BCUT2D eigenvalue weighted by molar-refractivity contribution is 5.96. The maximum atomic E-state index is 12.7. The average Bonchev–Trinajstić information content (AvgIpc) is 3.16. The van der Waals surface area contributed by atoms with Gasteiger partial charge in [-0.3, -0.25) is 14.9 Å². The number of rotatable bonds is 3. The summed E-state index contributed by atoms with van der Waals surface area (Å²) in [6.07, 6.45) is 2.10. The smallest absolute Gasteiger partial charge is 0.293 e. The minimum absolute atomic E-state index is 0.0303. The number of nitro groups is 1. The van der Waals surface area contributed by atoms with Gasteiger partial charge in [-0.2, -0.15) is 0 Å². The van der Waals surface area contributed by atoms with Crippen molar-refractivity contribution in [2.45, 2.75) is 12.8 Å². The fourth-order valence-corrected chi connectivity index (χ4v) is 3.62. The lowest BCUT2D eigenvalue weighted by Crippen LogP contribution is -2.33. The van der Waals surface area contributed by atoms with Crippen LogP contribution < -0.4 is 10.2 Å². The van der Waals surface area contributed by atoms with Crippen molar-refractivity contribution in [1.29, 1.82) is 0 Å². The highest BCUT2D eigenvalue weighted by Crippen LogP contribution is 2.37. The fraction of sp³-hybridized carbons (Fsp3) is 0.562. The van der Waals surface area contributed by atoms with E-state index >= 15 is 0 Å². The van der Waals surface area contributed by atoms with E-state index in [1.165, 1.54) is 6.07 Å². The van der Waals surface area contributed by atoms with Crippen molar-refractivity contribution in [2.75, 3.05) is 45.2 Å². The molecule has 1 unspecified atom stereocenters. The van der Waals surface area contributed by atoms with E-state index in [-0.39, 0.29) is 17.0 Å². The van der Waals surface area contributed by atoms with Gasteiger partial charge in [-0.25, -0.2) is 0 Å². The standard InChI is InChI=1S/C16H22N4O3/c1-18(2)13-4-3-12(9-14(13)20(22)23)15(21)19-8-6-16(11-19)5-7-17-10-16/h3-4,9,17H,5-8,10-11H2,1-2H3. The summed E-state index contributed by atoms with van der Waals surface area (Å²) in [6, 6.07) is 4.73. The van der Waals surface area contributed by atoms with Crippen LogP contribution >= 0.6 is 0 Å². The highest BCUT2D eigenvalue weighted by Gasteiger charge is 2.42. The summed E-state index contributed by atoms with van der Waals surface area (Å²) in [5.41, 5.74) is 1.07. The van der Waals surface area contributed by atoms with Gasteiger partial charge in [-0.1, -0.05) is 0 Å². The van der Waals surface area contributed by atoms with Gasteiger partial charge in [-0.15, -0.1) is 0 Å². The summed E-state index contributed by atoms with van der Waals surface area (Å²) in [4.78, 5) is 27.1. The number of carbonyl (C=O) groups is 1. The summed E-state index contributed by atoms with van der Waals surface area (Å²) in [6.45, 7) is 3.42. The highest BCUT2D eigenvalue weighted by atomic mass is 16.6. The summed E-state index contributed by atoms with van der Waals surface area (Å²) in [7, 11) is 3.50. The van der Waals surface area contributed by atoms with Crippen molar-refractivity contribution in [3.05, 3.63) is 33.9 Å². The van der Waals surface area contributed by atoms with Crippen LogP contribution in [0.4, 0.5) is 11.4 Å². The van der Waals surface area contributed by atoms with Gasteiger partial charge < -0.3 is 15.1 Å². The Morgan fingerprint density at radius 1 is 1.39 bits per heavy atom. The van der Waals surface area contributed by atoms with Crippen molar-refractivity contribution in [3.63, 3.8) is 0 Å². The molecule has 0 radical (unpaired) electrons. The van der Waals surface area contributed by atoms with E-state index in [1.807, 2.05) is 4.90 Å².